The fourth-order valence-corrected chi connectivity index (χ4v) is 5.17. The number of nitrogens with zero attached hydrogens (tertiary/aromatic N) is 2. The van der Waals surface area contributed by atoms with Crippen LogP contribution in [0.1, 0.15) is 23.1 Å². The molecule has 5 nitrogen and oxygen atoms in total. The van der Waals surface area contributed by atoms with Crippen molar-refractivity contribution < 1.29 is 13.2 Å². The Kier molecular flexibility index (Phi) is 5.21. The van der Waals surface area contributed by atoms with Crippen molar-refractivity contribution in [1.82, 2.24) is 4.31 Å². The summed E-state index contributed by atoms with van der Waals surface area (Å²) >= 11 is 0. The molecule has 144 valence electrons. The summed E-state index contributed by atoms with van der Waals surface area (Å²) in [6.45, 7) is 3.43. The molecule has 2 aromatic rings. The van der Waals surface area contributed by atoms with Crippen molar-refractivity contribution in [2.75, 3.05) is 38.3 Å². The number of aryl methyl sites for hydroxylation is 2. The van der Waals surface area contributed by atoms with Gasteiger partial charge in [-0.25, -0.2) is 8.42 Å². The predicted molar refractivity (Wildman–Crippen MR) is 107 cm³/mol. The quantitative estimate of drug-likeness (QED) is 0.793. The molecule has 0 spiro atoms. The molecule has 0 bridgehead atoms. The molecule has 1 aliphatic carbocycles. The van der Waals surface area contributed by atoms with Crippen LogP contribution in [0.3, 0.4) is 0 Å². The van der Waals surface area contributed by atoms with Crippen molar-refractivity contribution in [3.63, 3.8) is 0 Å². The van der Waals surface area contributed by atoms with Crippen molar-refractivity contribution in [2.24, 2.45) is 0 Å². The smallest absolute Gasteiger partial charge is 0.243 e. The summed E-state index contributed by atoms with van der Waals surface area (Å²) in [5, 5.41) is 0. The fourth-order valence-electron chi connectivity index (χ4n) is 3.97. The summed E-state index contributed by atoms with van der Waals surface area (Å²) in [5.41, 5.74) is 4.58. The highest BCUT2D eigenvalue weighted by molar-refractivity contribution is 7.89. The first-order valence-corrected chi connectivity index (χ1v) is 11.0. The molecule has 2 aliphatic rings. The number of benzene rings is 2. The predicted octanol–water partition coefficient (Wildman–Crippen LogP) is 2.83. The average molecular weight is 387 g/mol. The van der Waals surface area contributed by atoms with Gasteiger partial charge >= 0.3 is 0 Å². The van der Waals surface area contributed by atoms with Gasteiger partial charge in [0, 0.05) is 32.4 Å². The van der Waals surface area contributed by atoms with Crippen molar-refractivity contribution in [3.8, 4) is 0 Å². The number of fused-ring (bicyclic) bond motifs is 1. The minimum absolute atomic E-state index is 0.354. The monoisotopic (exact) mass is 386 g/mol. The number of anilines is 1. The Balaban J connectivity index is 1.57. The molecule has 4 rings (SSSR count). The summed E-state index contributed by atoms with van der Waals surface area (Å²) in [5.74, 6) is 0. The lowest BCUT2D eigenvalue weighted by Gasteiger charge is -2.31. The van der Waals surface area contributed by atoms with E-state index in [9.17, 15) is 8.42 Å². The van der Waals surface area contributed by atoms with Crippen molar-refractivity contribution in [3.05, 3.63) is 59.2 Å². The van der Waals surface area contributed by atoms with Gasteiger partial charge in [-0.05, 0) is 54.2 Å². The van der Waals surface area contributed by atoms with Gasteiger partial charge in [0.25, 0.3) is 0 Å². The summed E-state index contributed by atoms with van der Waals surface area (Å²) in [7, 11) is -1.85. The Bertz CT molecular complexity index is 921. The van der Waals surface area contributed by atoms with Crippen LogP contribution >= 0.6 is 0 Å². The minimum atomic E-state index is -3.52. The molecule has 2 aromatic carbocycles. The third kappa shape index (κ3) is 3.74. The van der Waals surface area contributed by atoms with Crippen LogP contribution < -0.4 is 4.90 Å². The van der Waals surface area contributed by atoms with Crippen LogP contribution in [0.5, 0.6) is 0 Å². The number of sulfonamides is 1. The second kappa shape index (κ2) is 7.62. The SMILES string of the molecule is CN(Cc1ccccc1N1CCOCC1)S(=O)(=O)c1ccc2c(c1)CCC2. The zero-order valence-electron chi connectivity index (χ0n) is 15.7. The Hall–Kier alpha value is -1.89. The molecule has 1 aliphatic heterocycles. The maximum atomic E-state index is 13.1. The summed E-state index contributed by atoms with van der Waals surface area (Å²) in [4.78, 5) is 2.67. The van der Waals surface area contributed by atoms with Crippen LogP contribution in [0, 0.1) is 0 Å². The van der Waals surface area contributed by atoms with E-state index in [1.54, 1.807) is 13.1 Å². The number of morpholine rings is 1. The van der Waals surface area contributed by atoms with Gasteiger partial charge in [0.1, 0.15) is 0 Å². The lowest BCUT2D eigenvalue weighted by molar-refractivity contribution is 0.122. The van der Waals surface area contributed by atoms with Gasteiger partial charge in [-0.3, -0.25) is 0 Å². The molecule has 0 N–H and O–H groups in total. The largest absolute Gasteiger partial charge is 0.378 e. The van der Waals surface area contributed by atoms with Gasteiger partial charge < -0.3 is 9.64 Å². The lowest BCUT2D eigenvalue weighted by atomic mass is 10.1. The number of hydrogen-bond acceptors (Lipinski definition) is 4. The number of para-hydroxylation sites is 1. The number of rotatable bonds is 5. The molecule has 1 fully saturated rings. The van der Waals surface area contributed by atoms with E-state index in [1.165, 1.54) is 15.4 Å². The summed E-state index contributed by atoms with van der Waals surface area (Å²) in [6.07, 6.45) is 3.14. The van der Waals surface area contributed by atoms with E-state index in [1.807, 2.05) is 30.3 Å². The van der Waals surface area contributed by atoms with Gasteiger partial charge in [-0.2, -0.15) is 4.31 Å². The normalized spacial score (nSPS) is 17.3. The highest BCUT2D eigenvalue weighted by Gasteiger charge is 2.24. The Morgan fingerprint density at radius 1 is 1.04 bits per heavy atom. The van der Waals surface area contributed by atoms with Gasteiger partial charge in [-0.15, -0.1) is 0 Å². The van der Waals surface area contributed by atoms with Crippen molar-refractivity contribution >= 4 is 15.7 Å². The minimum Gasteiger partial charge on any atom is -0.378 e. The molecule has 1 saturated heterocycles. The molecule has 0 saturated carbocycles. The Labute approximate surface area is 161 Å². The lowest BCUT2D eigenvalue weighted by Crippen LogP contribution is -2.37. The Morgan fingerprint density at radius 2 is 1.78 bits per heavy atom. The Morgan fingerprint density at radius 3 is 2.59 bits per heavy atom. The van der Waals surface area contributed by atoms with Gasteiger partial charge in [0.2, 0.25) is 10.0 Å². The van der Waals surface area contributed by atoms with Crippen molar-refractivity contribution in [2.45, 2.75) is 30.7 Å². The van der Waals surface area contributed by atoms with E-state index < -0.39 is 10.0 Å². The summed E-state index contributed by atoms with van der Waals surface area (Å²) in [6, 6.07) is 13.6. The molecular formula is C21H26N2O3S. The zero-order chi connectivity index (χ0) is 18.9. The van der Waals surface area contributed by atoms with Crippen LogP contribution in [0.25, 0.3) is 0 Å². The van der Waals surface area contributed by atoms with Crippen LogP contribution in [0.2, 0.25) is 0 Å². The molecule has 27 heavy (non-hydrogen) atoms. The molecule has 0 aromatic heterocycles. The molecule has 0 amide bonds. The highest BCUT2D eigenvalue weighted by atomic mass is 32.2. The van der Waals surface area contributed by atoms with Crippen LogP contribution in [0.15, 0.2) is 47.4 Å². The first-order chi connectivity index (χ1) is 13.1. The van der Waals surface area contributed by atoms with Gasteiger partial charge in [-0.1, -0.05) is 24.3 Å². The molecule has 0 atom stereocenters. The topological polar surface area (TPSA) is 49.9 Å². The van der Waals surface area contributed by atoms with E-state index in [-0.39, 0.29) is 0 Å². The third-order valence-corrected chi connectivity index (χ3v) is 7.31. The maximum absolute atomic E-state index is 13.1. The average Bonchev–Trinajstić information content (AvgIpc) is 3.17. The maximum Gasteiger partial charge on any atom is 0.243 e. The number of ether oxygens (including phenoxy) is 1. The van der Waals surface area contributed by atoms with Crippen LogP contribution in [-0.2, 0) is 34.1 Å². The van der Waals surface area contributed by atoms with Gasteiger partial charge in [0.15, 0.2) is 0 Å². The molecule has 6 heteroatoms. The zero-order valence-corrected chi connectivity index (χ0v) is 16.5. The van der Waals surface area contributed by atoms with E-state index in [0.29, 0.717) is 24.7 Å². The van der Waals surface area contributed by atoms with Crippen LogP contribution in [-0.4, -0.2) is 46.1 Å². The molecule has 1 heterocycles. The van der Waals surface area contributed by atoms with Crippen molar-refractivity contribution in [1.29, 1.82) is 0 Å². The van der Waals surface area contributed by atoms with E-state index in [4.69, 9.17) is 4.74 Å². The second-order valence-corrected chi connectivity index (χ2v) is 9.32. The highest BCUT2D eigenvalue weighted by Crippen LogP contribution is 2.28. The first kappa shape index (κ1) is 18.5. The first-order valence-electron chi connectivity index (χ1n) is 9.54. The third-order valence-electron chi connectivity index (χ3n) is 5.51. The molecule has 0 radical (unpaired) electrons. The molecule has 0 unspecified atom stereocenters. The standard InChI is InChI=1S/C21H26N2O3S/c1-22(27(24,25)20-10-9-17-6-4-7-18(17)15-20)16-19-5-2-3-8-21(19)23-11-13-26-14-12-23/h2-3,5,8-10,15H,4,6-7,11-14,16H2,1H3. The van der Waals surface area contributed by atoms with E-state index in [2.05, 4.69) is 11.0 Å². The number of hydrogen-bond donors (Lipinski definition) is 0. The van der Waals surface area contributed by atoms with E-state index in [0.717, 1.165) is 43.6 Å². The molecular weight excluding hydrogens is 360 g/mol. The second-order valence-electron chi connectivity index (χ2n) is 7.27. The summed E-state index contributed by atoms with van der Waals surface area (Å²) < 4.78 is 33.1. The van der Waals surface area contributed by atoms with E-state index >= 15 is 0 Å². The fraction of sp³-hybridized carbons (Fsp3) is 0.429. The van der Waals surface area contributed by atoms with Crippen LogP contribution in [0.4, 0.5) is 5.69 Å². The van der Waals surface area contributed by atoms with Gasteiger partial charge in [0.05, 0.1) is 18.1 Å².